The standard InChI is InChI=1S/C14H14ClNO3/c15-11-6-10(14(18)19)7-12(8-11)16-13(17)9-4-2-1-3-5-9/h1-2,6-9H,3-5H2,(H,16,17)(H,18,19). The second-order valence-electron chi connectivity index (χ2n) is 4.50. The molecule has 1 aromatic carbocycles. The quantitative estimate of drug-likeness (QED) is 0.834. The Balaban J connectivity index is 2.12. The summed E-state index contributed by atoms with van der Waals surface area (Å²) in [7, 11) is 0. The summed E-state index contributed by atoms with van der Waals surface area (Å²) in [6.45, 7) is 0. The number of aromatic carboxylic acids is 1. The molecular formula is C14H14ClNO3. The van der Waals surface area contributed by atoms with E-state index in [1.165, 1.54) is 12.1 Å². The minimum Gasteiger partial charge on any atom is -0.478 e. The lowest BCUT2D eigenvalue weighted by molar-refractivity contribution is -0.120. The highest BCUT2D eigenvalue weighted by Crippen LogP contribution is 2.23. The molecule has 2 rings (SSSR count). The SMILES string of the molecule is O=C(O)c1cc(Cl)cc(NC(=O)C2CC=CCC2)c1. The molecule has 0 aromatic heterocycles. The van der Waals surface area contributed by atoms with Gasteiger partial charge in [0, 0.05) is 16.6 Å². The highest BCUT2D eigenvalue weighted by atomic mass is 35.5. The lowest BCUT2D eigenvalue weighted by Crippen LogP contribution is -2.23. The molecule has 0 spiro atoms. The third-order valence-electron chi connectivity index (χ3n) is 3.05. The van der Waals surface area contributed by atoms with Crippen LogP contribution in [0.15, 0.2) is 30.4 Å². The molecule has 1 atom stereocenters. The van der Waals surface area contributed by atoms with Crippen LogP contribution in [0, 0.1) is 5.92 Å². The zero-order chi connectivity index (χ0) is 13.8. The molecule has 0 heterocycles. The van der Waals surface area contributed by atoms with Crippen LogP contribution in [-0.2, 0) is 4.79 Å². The van der Waals surface area contributed by atoms with Crippen LogP contribution in [0.4, 0.5) is 5.69 Å². The smallest absolute Gasteiger partial charge is 0.335 e. The van der Waals surface area contributed by atoms with E-state index in [2.05, 4.69) is 11.4 Å². The van der Waals surface area contributed by atoms with Gasteiger partial charge in [-0.05, 0) is 37.5 Å². The highest BCUT2D eigenvalue weighted by Gasteiger charge is 2.19. The first-order chi connectivity index (χ1) is 9.06. The van der Waals surface area contributed by atoms with E-state index in [0.29, 0.717) is 10.7 Å². The van der Waals surface area contributed by atoms with E-state index in [1.54, 1.807) is 6.07 Å². The Hall–Kier alpha value is -1.81. The number of amides is 1. The maximum atomic E-state index is 12.0. The van der Waals surface area contributed by atoms with Crippen molar-refractivity contribution in [2.45, 2.75) is 19.3 Å². The van der Waals surface area contributed by atoms with Crippen molar-refractivity contribution in [3.05, 3.63) is 40.9 Å². The molecule has 4 nitrogen and oxygen atoms in total. The van der Waals surface area contributed by atoms with Crippen molar-refractivity contribution < 1.29 is 14.7 Å². The van der Waals surface area contributed by atoms with Gasteiger partial charge in [-0.1, -0.05) is 23.8 Å². The molecule has 1 aliphatic rings. The van der Waals surface area contributed by atoms with Crippen molar-refractivity contribution >= 4 is 29.2 Å². The van der Waals surface area contributed by atoms with Gasteiger partial charge in [-0.15, -0.1) is 0 Å². The monoisotopic (exact) mass is 279 g/mol. The Morgan fingerprint density at radius 2 is 2.05 bits per heavy atom. The third-order valence-corrected chi connectivity index (χ3v) is 3.27. The van der Waals surface area contributed by atoms with Gasteiger partial charge in [-0.2, -0.15) is 0 Å². The van der Waals surface area contributed by atoms with Gasteiger partial charge in [0.2, 0.25) is 5.91 Å². The minimum atomic E-state index is -1.07. The summed E-state index contributed by atoms with van der Waals surface area (Å²) < 4.78 is 0. The number of benzene rings is 1. The molecule has 1 amide bonds. The normalized spacial score (nSPS) is 18.1. The maximum absolute atomic E-state index is 12.0. The highest BCUT2D eigenvalue weighted by molar-refractivity contribution is 6.31. The lowest BCUT2D eigenvalue weighted by Gasteiger charge is -2.17. The number of hydrogen-bond donors (Lipinski definition) is 2. The Morgan fingerprint density at radius 3 is 2.68 bits per heavy atom. The van der Waals surface area contributed by atoms with E-state index in [9.17, 15) is 9.59 Å². The van der Waals surface area contributed by atoms with Crippen molar-refractivity contribution in [2.75, 3.05) is 5.32 Å². The zero-order valence-electron chi connectivity index (χ0n) is 10.2. The van der Waals surface area contributed by atoms with Crippen LogP contribution in [0.3, 0.4) is 0 Å². The summed E-state index contributed by atoms with van der Waals surface area (Å²) in [5.41, 5.74) is 0.482. The van der Waals surface area contributed by atoms with Crippen LogP contribution in [0.25, 0.3) is 0 Å². The first-order valence-corrected chi connectivity index (χ1v) is 6.44. The van der Waals surface area contributed by atoms with Gasteiger partial charge >= 0.3 is 5.97 Å². The third kappa shape index (κ3) is 3.58. The van der Waals surface area contributed by atoms with Gasteiger partial charge in [0.25, 0.3) is 0 Å². The molecule has 19 heavy (non-hydrogen) atoms. The first kappa shape index (κ1) is 13.6. The molecule has 0 saturated carbocycles. The Morgan fingerprint density at radius 1 is 1.26 bits per heavy atom. The molecule has 0 fully saturated rings. The van der Waals surface area contributed by atoms with Crippen LogP contribution in [0.1, 0.15) is 29.6 Å². The van der Waals surface area contributed by atoms with Crippen molar-refractivity contribution in [1.82, 2.24) is 0 Å². The number of nitrogens with one attached hydrogen (secondary N) is 1. The number of allylic oxidation sites excluding steroid dienone is 2. The molecule has 0 bridgehead atoms. The number of rotatable bonds is 3. The topological polar surface area (TPSA) is 66.4 Å². The fraction of sp³-hybridized carbons (Fsp3) is 0.286. The van der Waals surface area contributed by atoms with Crippen LogP contribution in [-0.4, -0.2) is 17.0 Å². The van der Waals surface area contributed by atoms with E-state index < -0.39 is 5.97 Å². The fourth-order valence-electron chi connectivity index (χ4n) is 2.06. The van der Waals surface area contributed by atoms with Gasteiger partial charge in [0.1, 0.15) is 0 Å². The average Bonchev–Trinajstić information content (AvgIpc) is 2.39. The fourth-order valence-corrected chi connectivity index (χ4v) is 2.30. The molecule has 100 valence electrons. The van der Waals surface area contributed by atoms with Gasteiger partial charge in [-0.3, -0.25) is 4.79 Å². The van der Waals surface area contributed by atoms with Crippen molar-refractivity contribution in [3.63, 3.8) is 0 Å². The van der Waals surface area contributed by atoms with Gasteiger partial charge in [-0.25, -0.2) is 4.79 Å². The molecule has 1 aromatic rings. The van der Waals surface area contributed by atoms with Crippen LogP contribution >= 0.6 is 11.6 Å². The number of carboxylic acid groups (broad SMARTS) is 1. The number of anilines is 1. The minimum absolute atomic E-state index is 0.0581. The average molecular weight is 280 g/mol. The largest absolute Gasteiger partial charge is 0.478 e. The Kier molecular flexibility index (Phi) is 4.22. The Bertz CT molecular complexity index is 539. The second kappa shape index (κ2) is 5.89. The van der Waals surface area contributed by atoms with E-state index >= 15 is 0 Å². The van der Waals surface area contributed by atoms with Crippen LogP contribution in [0.5, 0.6) is 0 Å². The summed E-state index contributed by atoms with van der Waals surface area (Å²) in [5.74, 6) is -1.22. The van der Waals surface area contributed by atoms with Crippen LogP contribution < -0.4 is 5.32 Å². The van der Waals surface area contributed by atoms with Crippen molar-refractivity contribution in [1.29, 1.82) is 0 Å². The summed E-state index contributed by atoms with van der Waals surface area (Å²) >= 11 is 5.84. The lowest BCUT2D eigenvalue weighted by atomic mass is 9.93. The first-order valence-electron chi connectivity index (χ1n) is 6.06. The molecule has 2 N–H and O–H groups in total. The van der Waals surface area contributed by atoms with Gasteiger partial charge < -0.3 is 10.4 Å². The number of carbonyl (C=O) groups is 2. The van der Waals surface area contributed by atoms with E-state index in [0.717, 1.165) is 19.3 Å². The molecular weight excluding hydrogens is 266 g/mol. The van der Waals surface area contributed by atoms with Gasteiger partial charge in [0.05, 0.1) is 5.56 Å². The molecule has 0 aliphatic heterocycles. The number of carboxylic acids is 1. The summed E-state index contributed by atoms with van der Waals surface area (Å²) in [5, 5.41) is 12.0. The molecule has 0 radical (unpaired) electrons. The summed E-state index contributed by atoms with van der Waals surface area (Å²) in [4.78, 5) is 22.9. The number of carbonyl (C=O) groups excluding carboxylic acids is 1. The molecule has 5 heteroatoms. The predicted molar refractivity (Wildman–Crippen MR) is 73.5 cm³/mol. The van der Waals surface area contributed by atoms with E-state index in [1.807, 2.05) is 6.08 Å². The Labute approximate surface area is 116 Å². The molecule has 1 aliphatic carbocycles. The summed E-state index contributed by atoms with van der Waals surface area (Å²) in [6, 6.07) is 4.30. The second-order valence-corrected chi connectivity index (χ2v) is 4.94. The molecule has 1 unspecified atom stereocenters. The van der Waals surface area contributed by atoms with Gasteiger partial charge in [0.15, 0.2) is 0 Å². The maximum Gasteiger partial charge on any atom is 0.335 e. The predicted octanol–water partition coefficient (Wildman–Crippen LogP) is 3.33. The van der Waals surface area contributed by atoms with E-state index in [4.69, 9.17) is 16.7 Å². The van der Waals surface area contributed by atoms with Crippen molar-refractivity contribution in [2.24, 2.45) is 5.92 Å². The number of hydrogen-bond acceptors (Lipinski definition) is 2. The van der Waals surface area contributed by atoms with E-state index in [-0.39, 0.29) is 17.4 Å². The number of halogens is 1. The molecule has 0 saturated heterocycles. The van der Waals surface area contributed by atoms with Crippen molar-refractivity contribution in [3.8, 4) is 0 Å². The zero-order valence-corrected chi connectivity index (χ0v) is 11.0. The summed E-state index contributed by atoms with van der Waals surface area (Å²) in [6.07, 6.45) is 6.49. The van der Waals surface area contributed by atoms with Crippen LogP contribution in [0.2, 0.25) is 5.02 Å².